The van der Waals surface area contributed by atoms with Gasteiger partial charge in [-0.15, -0.1) is 0 Å². The van der Waals surface area contributed by atoms with Gasteiger partial charge in [-0.3, -0.25) is 14.6 Å². The maximum Gasteiger partial charge on any atom is 0.333 e. The van der Waals surface area contributed by atoms with Gasteiger partial charge in [0.15, 0.2) is 12.1 Å². The van der Waals surface area contributed by atoms with Crippen molar-refractivity contribution in [3.05, 3.63) is 102 Å². The van der Waals surface area contributed by atoms with E-state index in [1.54, 1.807) is 80.8 Å². The third-order valence-electron chi connectivity index (χ3n) is 6.43. The van der Waals surface area contributed by atoms with Crippen LogP contribution in [0.5, 0.6) is 5.75 Å². The number of rotatable bonds is 12. The van der Waals surface area contributed by atoms with Gasteiger partial charge in [0.25, 0.3) is 5.91 Å². The number of anilines is 1. The van der Waals surface area contributed by atoms with Crippen molar-refractivity contribution in [2.24, 2.45) is 4.99 Å². The van der Waals surface area contributed by atoms with E-state index in [9.17, 15) is 22.8 Å². The maximum atomic E-state index is 13.5. The van der Waals surface area contributed by atoms with Gasteiger partial charge < -0.3 is 19.7 Å². The number of ether oxygens (including phenoxy) is 2. The second-order valence-electron chi connectivity index (χ2n) is 9.73. The summed E-state index contributed by atoms with van der Waals surface area (Å²) in [6, 6.07) is 19.2. The molecule has 0 spiro atoms. The number of amides is 2. The highest BCUT2D eigenvalue weighted by Crippen LogP contribution is 2.41. The van der Waals surface area contributed by atoms with E-state index in [-0.39, 0.29) is 17.4 Å². The molecule has 1 heterocycles. The molecule has 3 atom stereocenters. The van der Waals surface area contributed by atoms with Gasteiger partial charge in [-0.2, -0.15) is 0 Å². The zero-order valence-electron chi connectivity index (χ0n) is 23.8. The second kappa shape index (κ2) is 13.7. The molecule has 10 nitrogen and oxygen atoms in total. The fourth-order valence-electron chi connectivity index (χ4n) is 4.28. The van der Waals surface area contributed by atoms with Crippen molar-refractivity contribution >= 4 is 49.3 Å². The molecule has 3 aromatic carbocycles. The first-order valence-corrected chi connectivity index (χ1v) is 16.0. The molecule has 0 aromatic heterocycles. The van der Waals surface area contributed by atoms with E-state index in [1.165, 1.54) is 30.2 Å². The molecule has 4 rings (SSSR count). The number of aliphatic imine (C=N–C) groups is 1. The number of carbonyl (C=O) groups is 3. The molecule has 2 amide bonds. The van der Waals surface area contributed by atoms with Gasteiger partial charge in [0, 0.05) is 29.6 Å². The monoisotopic (exact) mass is 621 g/mol. The lowest BCUT2D eigenvalue weighted by molar-refractivity contribution is -0.161. The molecule has 0 radical (unpaired) electrons. The number of hydrogen-bond acceptors (Lipinski definition) is 9. The summed E-state index contributed by atoms with van der Waals surface area (Å²) in [5.74, 6) is -0.844. The summed E-state index contributed by atoms with van der Waals surface area (Å²) in [4.78, 5) is 43.7. The molecule has 3 unspecified atom stereocenters. The zero-order valence-corrected chi connectivity index (χ0v) is 25.4. The minimum Gasteiger partial charge on any atom is -0.497 e. The van der Waals surface area contributed by atoms with Gasteiger partial charge in [0.2, 0.25) is 14.8 Å². The van der Waals surface area contributed by atoms with E-state index in [0.29, 0.717) is 38.9 Å². The van der Waals surface area contributed by atoms with E-state index in [2.05, 4.69) is 16.9 Å². The summed E-state index contributed by atoms with van der Waals surface area (Å²) < 4.78 is 37.4. The van der Waals surface area contributed by atoms with E-state index in [4.69, 9.17) is 9.47 Å². The number of nitrogens with zero attached hydrogens (tertiary/aromatic N) is 2. The Labute approximate surface area is 254 Å². The van der Waals surface area contributed by atoms with Crippen LogP contribution < -0.4 is 10.1 Å². The van der Waals surface area contributed by atoms with Gasteiger partial charge in [-0.25, -0.2) is 13.2 Å². The normalized spacial score (nSPS) is 17.2. The van der Waals surface area contributed by atoms with Crippen LogP contribution in [-0.2, 0) is 34.6 Å². The van der Waals surface area contributed by atoms with Crippen LogP contribution in [-0.4, -0.2) is 61.9 Å². The van der Waals surface area contributed by atoms with E-state index >= 15 is 0 Å². The fraction of sp³-hybridized carbons (Fsp3) is 0.226. The molecule has 1 aliphatic heterocycles. The predicted octanol–water partition coefficient (Wildman–Crippen LogP) is 4.42. The Kier molecular flexibility index (Phi) is 10.0. The lowest BCUT2D eigenvalue weighted by Gasteiger charge is -2.47. The Bertz CT molecular complexity index is 1620. The Morgan fingerprint density at radius 2 is 1.70 bits per heavy atom. The van der Waals surface area contributed by atoms with Crippen LogP contribution in [0.4, 0.5) is 5.69 Å². The topological polar surface area (TPSA) is 131 Å². The van der Waals surface area contributed by atoms with E-state index in [1.807, 2.05) is 0 Å². The second-order valence-corrected chi connectivity index (χ2v) is 13.7. The average Bonchev–Trinajstić information content (AvgIpc) is 2.99. The van der Waals surface area contributed by atoms with Crippen molar-refractivity contribution in [3.63, 3.8) is 0 Å². The first kappa shape index (κ1) is 31.5. The summed E-state index contributed by atoms with van der Waals surface area (Å²) in [7, 11) is -1.85. The zero-order chi connectivity index (χ0) is 31.1. The SMILES string of the molecule is C=C(C)C(C(=O)OCc1ccc(OC)cc1)N1C(=O)C(N=Cc2ccc(NC(C)=O)cc2)C1SS(=O)(=O)c1ccccc1. The number of carbonyl (C=O) groups excluding carboxylic acids is 3. The first-order valence-electron chi connectivity index (χ1n) is 13.2. The van der Waals surface area contributed by atoms with Crippen LogP contribution in [0.15, 0.2) is 101 Å². The highest BCUT2D eigenvalue weighted by Gasteiger charge is 2.55. The Morgan fingerprint density at radius 1 is 1.05 bits per heavy atom. The van der Waals surface area contributed by atoms with Crippen molar-refractivity contribution in [3.8, 4) is 5.75 Å². The number of benzene rings is 3. The highest BCUT2D eigenvalue weighted by molar-refractivity contribution is 8.72. The van der Waals surface area contributed by atoms with Crippen LogP contribution in [0.2, 0.25) is 0 Å². The van der Waals surface area contributed by atoms with E-state index in [0.717, 1.165) is 0 Å². The number of methoxy groups -OCH3 is 1. The third kappa shape index (κ3) is 7.70. The summed E-state index contributed by atoms with van der Waals surface area (Å²) in [5, 5.41) is 1.63. The van der Waals surface area contributed by atoms with Crippen LogP contribution in [0.1, 0.15) is 25.0 Å². The fourth-order valence-corrected chi connectivity index (χ4v) is 7.79. The molecule has 1 aliphatic rings. The molecule has 43 heavy (non-hydrogen) atoms. The van der Waals surface area contributed by atoms with Gasteiger partial charge in [0.1, 0.15) is 17.7 Å². The summed E-state index contributed by atoms with van der Waals surface area (Å²) in [5.41, 5.74) is 2.24. The lowest BCUT2D eigenvalue weighted by Crippen LogP contribution is -2.67. The molecule has 224 valence electrons. The van der Waals surface area contributed by atoms with Gasteiger partial charge in [0.05, 0.1) is 12.0 Å². The minimum atomic E-state index is -3.94. The van der Waals surface area contributed by atoms with E-state index < -0.39 is 38.2 Å². The molecule has 3 aromatic rings. The quantitative estimate of drug-likeness (QED) is 0.103. The van der Waals surface area contributed by atoms with Crippen molar-refractivity contribution in [2.45, 2.75) is 42.8 Å². The van der Waals surface area contributed by atoms with Crippen molar-refractivity contribution in [1.29, 1.82) is 0 Å². The highest BCUT2D eigenvalue weighted by atomic mass is 33.1. The Hall–Kier alpha value is -4.42. The largest absolute Gasteiger partial charge is 0.497 e. The molecule has 0 saturated carbocycles. The summed E-state index contributed by atoms with van der Waals surface area (Å²) in [6.07, 6.45) is 1.46. The number of β-lactam (4-membered cyclic amide) rings is 1. The molecule has 0 bridgehead atoms. The molecule has 1 saturated heterocycles. The molecule has 1 N–H and O–H groups in total. The minimum absolute atomic E-state index is 0.0598. The molecular formula is C31H31N3O7S2. The first-order chi connectivity index (χ1) is 20.5. The van der Waals surface area contributed by atoms with Crippen LogP contribution in [0.3, 0.4) is 0 Å². The van der Waals surface area contributed by atoms with Crippen molar-refractivity contribution in [1.82, 2.24) is 4.90 Å². The number of likely N-dealkylation sites (tertiary alicyclic amines) is 1. The molecule has 12 heteroatoms. The van der Waals surface area contributed by atoms with Crippen LogP contribution in [0, 0.1) is 0 Å². The smallest absolute Gasteiger partial charge is 0.333 e. The third-order valence-corrected chi connectivity index (χ3v) is 10.1. The molecular weight excluding hydrogens is 590 g/mol. The Morgan fingerprint density at radius 3 is 2.28 bits per heavy atom. The summed E-state index contributed by atoms with van der Waals surface area (Å²) >= 11 is 0. The lowest BCUT2D eigenvalue weighted by atomic mass is 9.99. The predicted molar refractivity (Wildman–Crippen MR) is 165 cm³/mol. The number of nitrogens with one attached hydrogen (secondary N) is 1. The van der Waals surface area contributed by atoms with Crippen LogP contribution in [0.25, 0.3) is 0 Å². The van der Waals surface area contributed by atoms with Gasteiger partial charge in [-0.1, -0.05) is 49.0 Å². The van der Waals surface area contributed by atoms with Gasteiger partial charge in [-0.05, 0) is 60.0 Å². The standard InChI is InChI=1S/C31H31N3O7S2/c1-20(2)28(31(37)41-19-23-12-16-25(40-4)17-13-23)34-29(36)27(30(34)42-43(38,39)26-8-6-5-7-9-26)32-18-22-10-14-24(15-11-22)33-21(3)35/h5-18,27-28,30H,1,19H2,2-4H3,(H,33,35). The van der Waals surface area contributed by atoms with Crippen LogP contribution >= 0.6 is 10.8 Å². The average molecular weight is 622 g/mol. The van der Waals surface area contributed by atoms with Crippen molar-refractivity contribution in [2.75, 3.05) is 12.4 Å². The van der Waals surface area contributed by atoms with Gasteiger partial charge >= 0.3 is 5.97 Å². The summed E-state index contributed by atoms with van der Waals surface area (Å²) in [6.45, 7) is 6.80. The number of esters is 1. The van der Waals surface area contributed by atoms with Crippen molar-refractivity contribution < 1.29 is 32.3 Å². The molecule has 0 aliphatic carbocycles. The Balaban J connectivity index is 1.58. The maximum absolute atomic E-state index is 13.5. The number of hydrogen-bond donors (Lipinski definition) is 1. The molecule has 1 fully saturated rings.